The van der Waals surface area contributed by atoms with Gasteiger partial charge in [-0.15, -0.1) is 0 Å². The zero-order valence-electron chi connectivity index (χ0n) is 17.4. The molecule has 2 aromatic carbocycles. The molecule has 29 heavy (non-hydrogen) atoms. The first-order valence-corrected chi connectivity index (χ1v) is 10.1. The summed E-state index contributed by atoms with van der Waals surface area (Å²) in [7, 11) is 0. The number of hydrogen-bond donors (Lipinski definition) is 2. The van der Waals surface area contributed by atoms with Gasteiger partial charge in [-0.25, -0.2) is 0 Å². The van der Waals surface area contributed by atoms with Crippen LogP contribution in [0.2, 0.25) is 0 Å². The predicted molar refractivity (Wildman–Crippen MR) is 114 cm³/mol. The van der Waals surface area contributed by atoms with Crippen LogP contribution in [-0.4, -0.2) is 32.7 Å². The number of aromatic nitrogens is 2. The number of carbonyl (C=O) groups excluding carboxylic acids is 1. The molecular formula is C24H27N3O2. The maximum absolute atomic E-state index is 13.1. The number of phenols is 1. The van der Waals surface area contributed by atoms with Crippen LogP contribution in [0.4, 0.5) is 0 Å². The topological polar surface area (TPSA) is 69.2 Å². The molecule has 1 aliphatic rings. The summed E-state index contributed by atoms with van der Waals surface area (Å²) < 4.78 is 0. The first-order valence-electron chi connectivity index (χ1n) is 10.1. The molecule has 4 rings (SSSR count). The molecule has 1 aliphatic heterocycles. The molecule has 0 fully saturated rings. The lowest BCUT2D eigenvalue weighted by atomic mass is 9.85. The second-order valence-electron chi connectivity index (χ2n) is 8.65. The van der Waals surface area contributed by atoms with Crippen molar-refractivity contribution < 1.29 is 9.90 Å². The van der Waals surface area contributed by atoms with Gasteiger partial charge in [-0.05, 0) is 35.1 Å². The second kappa shape index (κ2) is 7.07. The summed E-state index contributed by atoms with van der Waals surface area (Å²) >= 11 is 0. The monoisotopic (exact) mass is 389 g/mol. The van der Waals surface area contributed by atoms with Crippen LogP contribution in [0.15, 0.2) is 48.5 Å². The molecular weight excluding hydrogens is 362 g/mol. The van der Waals surface area contributed by atoms with Gasteiger partial charge in [-0.3, -0.25) is 9.89 Å². The lowest BCUT2D eigenvalue weighted by molar-refractivity contribution is 0.0744. The Kier molecular flexibility index (Phi) is 4.69. The molecule has 0 radical (unpaired) electrons. The smallest absolute Gasteiger partial charge is 0.273 e. The molecule has 0 saturated carbocycles. The van der Waals surface area contributed by atoms with Crippen molar-refractivity contribution in [1.82, 2.24) is 15.1 Å². The van der Waals surface area contributed by atoms with E-state index in [1.54, 1.807) is 12.1 Å². The van der Waals surface area contributed by atoms with Gasteiger partial charge >= 0.3 is 0 Å². The van der Waals surface area contributed by atoms with Crippen molar-refractivity contribution in [2.24, 2.45) is 0 Å². The number of nitrogens with one attached hydrogen (secondary N) is 1. The summed E-state index contributed by atoms with van der Waals surface area (Å²) in [6.07, 6.45) is 0.867. The molecule has 3 aromatic rings. The standard InChI is InChI=1S/C24H27N3O2/c1-5-14-27-22(15-10-12-16(13-11-15)24(2,3)4)19-20(25-26-21(19)23(27)29)17-8-6-7-9-18(17)28/h6-13,22,28H,5,14H2,1-4H3,(H,25,26)/t22-/m0/s1. The van der Waals surface area contributed by atoms with Gasteiger partial charge in [-0.2, -0.15) is 5.10 Å². The Labute approximate surface area is 171 Å². The van der Waals surface area contributed by atoms with Gasteiger partial charge in [0, 0.05) is 17.7 Å². The minimum absolute atomic E-state index is 0.0408. The van der Waals surface area contributed by atoms with Gasteiger partial charge in [-0.1, -0.05) is 64.1 Å². The van der Waals surface area contributed by atoms with E-state index in [0.29, 0.717) is 23.5 Å². The second-order valence-corrected chi connectivity index (χ2v) is 8.65. The maximum Gasteiger partial charge on any atom is 0.273 e. The van der Waals surface area contributed by atoms with Gasteiger partial charge in [0.15, 0.2) is 0 Å². The minimum Gasteiger partial charge on any atom is -0.507 e. The SMILES string of the molecule is CCCN1C(=O)c2[nH]nc(-c3ccccc3O)c2[C@@H]1c1ccc(C(C)(C)C)cc1. The molecule has 0 unspecified atom stereocenters. The highest BCUT2D eigenvalue weighted by molar-refractivity contribution is 6.00. The molecule has 1 atom stereocenters. The lowest BCUT2D eigenvalue weighted by Crippen LogP contribution is -2.30. The van der Waals surface area contributed by atoms with Crippen molar-refractivity contribution in [3.05, 3.63) is 70.9 Å². The van der Waals surface area contributed by atoms with Gasteiger partial charge in [0.1, 0.15) is 17.1 Å². The van der Waals surface area contributed by atoms with Crippen LogP contribution in [0, 0.1) is 0 Å². The average molecular weight is 389 g/mol. The zero-order valence-corrected chi connectivity index (χ0v) is 17.4. The van der Waals surface area contributed by atoms with Crippen LogP contribution in [0.1, 0.15) is 67.3 Å². The Hall–Kier alpha value is -3.08. The number of rotatable bonds is 4. The van der Waals surface area contributed by atoms with E-state index >= 15 is 0 Å². The first kappa shape index (κ1) is 19.2. The van der Waals surface area contributed by atoms with Crippen molar-refractivity contribution in [2.45, 2.75) is 45.6 Å². The third-order valence-electron chi connectivity index (χ3n) is 5.58. The van der Waals surface area contributed by atoms with Crippen LogP contribution in [0.25, 0.3) is 11.3 Å². The summed E-state index contributed by atoms with van der Waals surface area (Å²) in [6.45, 7) is 9.30. The molecule has 0 aliphatic carbocycles. The number of amides is 1. The largest absolute Gasteiger partial charge is 0.507 e. The van der Waals surface area contributed by atoms with Crippen LogP contribution in [0.5, 0.6) is 5.75 Å². The molecule has 0 saturated heterocycles. The highest BCUT2D eigenvalue weighted by atomic mass is 16.3. The van der Waals surface area contributed by atoms with E-state index in [9.17, 15) is 9.90 Å². The molecule has 2 heterocycles. The van der Waals surface area contributed by atoms with E-state index in [-0.39, 0.29) is 23.1 Å². The van der Waals surface area contributed by atoms with Gasteiger partial charge in [0.05, 0.1) is 6.04 Å². The molecule has 1 amide bonds. The van der Waals surface area contributed by atoms with Crippen LogP contribution in [0.3, 0.4) is 0 Å². The van der Waals surface area contributed by atoms with Gasteiger partial charge in [0.2, 0.25) is 0 Å². The number of hydrogen-bond acceptors (Lipinski definition) is 3. The quantitative estimate of drug-likeness (QED) is 0.657. The number of fused-ring (bicyclic) bond motifs is 1. The van der Waals surface area contributed by atoms with Crippen molar-refractivity contribution in [3.63, 3.8) is 0 Å². The Morgan fingerprint density at radius 2 is 1.79 bits per heavy atom. The summed E-state index contributed by atoms with van der Waals surface area (Å²) in [4.78, 5) is 15.0. The van der Waals surface area contributed by atoms with Crippen LogP contribution >= 0.6 is 0 Å². The van der Waals surface area contributed by atoms with Crippen molar-refractivity contribution in [3.8, 4) is 17.0 Å². The van der Waals surface area contributed by atoms with E-state index in [0.717, 1.165) is 17.5 Å². The van der Waals surface area contributed by atoms with Gasteiger partial charge < -0.3 is 10.0 Å². The average Bonchev–Trinajstić information content (AvgIpc) is 3.22. The van der Waals surface area contributed by atoms with E-state index in [1.165, 1.54) is 5.56 Å². The maximum atomic E-state index is 13.1. The molecule has 1 aromatic heterocycles. The summed E-state index contributed by atoms with van der Waals surface area (Å²) in [5.74, 6) is 0.117. The number of nitrogens with zero attached hydrogens (tertiary/aromatic N) is 2. The minimum atomic E-state index is -0.222. The molecule has 0 spiro atoms. The fourth-order valence-electron chi connectivity index (χ4n) is 4.06. The Bertz CT molecular complexity index is 1040. The van der Waals surface area contributed by atoms with Crippen LogP contribution < -0.4 is 0 Å². The number of H-pyrrole nitrogens is 1. The Morgan fingerprint density at radius 1 is 1.10 bits per heavy atom. The van der Waals surface area contributed by atoms with Crippen molar-refractivity contribution >= 4 is 5.91 Å². The Balaban J connectivity index is 1.86. The third kappa shape index (κ3) is 3.20. The fourth-order valence-corrected chi connectivity index (χ4v) is 4.06. The number of phenolic OH excluding ortho intramolecular Hbond substituents is 1. The van der Waals surface area contributed by atoms with Crippen LogP contribution in [-0.2, 0) is 5.41 Å². The highest BCUT2D eigenvalue weighted by Crippen LogP contribution is 2.44. The van der Waals surface area contributed by atoms with Crippen molar-refractivity contribution in [1.29, 1.82) is 0 Å². The van der Waals surface area contributed by atoms with E-state index in [1.807, 2.05) is 17.0 Å². The summed E-state index contributed by atoms with van der Waals surface area (Å²) in [5.41, 5.74) is 4.99. The fraction of sp³-hybridized carbons (Fsp3) is 0.333. The predicted octanol–water partition coefficient (Wildman–Crippen LogP) is 5.04. The number of aromatic hydroxyl groups is 1. The highest BCUT2D eigenvalue weighted by Gasteiger charge is 2.42. The van der Waals surface area contributed by atoms with E-state index in [4.69, 9.17) is 0 Å². The molecule has 0 bridgehead atoms. The lowest BCUT2D eigenvalue weighted by Gasteiger charge is -2.27. The third-order valence-corrected chi connectivity index (χ3v) is 5.58. The van der Waals surface area contributed by atoms with Gasteiger partial charge in [0.25, 0.3) is 5.91 Å². The molecule has 150 valence electrons. The van der Waals surface area contributed by atoms with Crippen molar-refractivity contribution in [2.75, 3.05) is 6.54 Å². The van der Waals surface area contributed by atoms with E-state index in [2.05, 4.69) is 62.2 Å². The number of carbonyl (C=O) groups is 1. The molecule has 5 heteroatoms. The summed E-state index contributed by atoms with van der Waals surface area (Å²) in [5, 5.41) is 17.7. The molecule has 5 nitrogen and oxygen atoms in total. The number of para-hydroxylation sites is 1. The summed E-state index contributed by atoms with van der Waals surface area (Å²) in [6, 6.07) is 15.4. The number of aromatic amines is 1. The first-order chi connectivity index (χ1) is 13.8. The Morgan fingerprint density at radius 3 is 2.41 bits per heavy atom. The normalized spacial score (nSPS) is 16.3. The molecule has 2 N–H and O–H groups in total. The van der Waals surface area contributed by atoms with E-state index < -0.39 is 0 Å². The zero-order chi connectivity index (χ0) is 20.8. The number of benzene rings is 2.